The van der Waals surface area contributed by atoms with Crippen molar-refractivity contribution in [2.75, 3.05) is 48.5 Å². The van der Waals surface area contributed by atoms with E-state index in [1.807, 2.05) is 18.7 Å². The third-order valence-electron chi connectivity index (χ3n) is 8.55. The molecule has 1 saturated carbocycles. The molecule has 2 aromatic heterocycles. The van der Waals surface area contributed by atoms with Crippen molar-refractivity contribution >= 4 is 46.4 Å². The Morgan fingerprint density at radius 3 is 2.37 bits per heavy atom. The fraction of sp³-hybridized carbons (Fsp3) is 0.839. The van der Waals surface area contributed by atoms with Crippen LogP contribution in [0.25, 0.3) is 11.2 Å². The van der Waals surface area contributed by atoms with E-state index >= 15 is 0 Å². The summed E-state index contributed by atoms with van der Waals surface area (Å²) in [6, 6.07) is 0. The second kappa shape index (κ2) is 19.6. The zero-order valence-electron chi connectivity index (χ0n) is 27.0. The standard InChI is InChI=1S/C31H58N5O4PS2/c1-27(23-36-25-35-29-30(32)33-24-34-31(29)36)39-26-41(37,38)40-19-16-21-42-20-14-9-7-5-4-6-8-10-15-22-43(2,3)28-17-12-11-13-18-28/h24-25,27-28H,4-23,26H2,1-3H3,(H,37,38)(H2,32,33,34)/t27-/m1/s1. The van der Waals surface area contributed by atoms with E-state index < -0.39 is 7.60 Å². The highest BCUT2D eigenvalue weighted by atomic mass is 32.3. The lowest BCUT2D eigenvalue weighted by Crippen LogP contribution is -2.22. The van der Waals surface area contributed by atoms with Gasteiger partial charge in [-0.2, -0.15) is 11.8 Å². The molecule has 2 aromatic rings. The summed E-state index contributed by atoms with van der Waals surface area (Å²) in [6.45, 7) is 2.51. The molecule has 9 nitrogen and oxygen atoms in total. The third kappa shape index (κ3) is 14.0. The summed E-state index contributed by atoms with van der Waals surface area (Å²) in [6.07, 6.45) is 28.0. The summed E-state index contributed by atoms with van der Waals surface area (Å²) >= 11 is 1.91. The van der Waals surface area contributed by atoms with E-state index in [0.29, 0.717) is 23.5 Å². The summed E-state index contributed by atoms with van der Waals surface area (Å²) in [4.78, 5) is 22.5. The second-order valence-electron chi connectivity index (χ2n) is 12.6. The van der Waals surface area contributed by atoms with Crippen molar-refractivity contribution in [1.29, 1.82) is 0 Å². The molecule has 1 unspecified atom stereocenters. The van der Waals surface area contributed by atoms with Crippen LogP contribution in [-0.2, 0) is 20.4 Å². The van der Waals surface area contributed by atoms with E-state index in [9.17, 15) is 9.46 Å². The predicted molar refractivity (Wildman–Crippen MR) is 186 cm³/mol. The van der Waals surface area contributed by atoms with Crippen LogP contribution in [-0.4, -0.2) is 78.5 Å². The molecule has 12 heteroatoms. The van der Waals surface area contributed by atoms with E-state index in [1.165, 1.54) is 102 Å². The molecular weight excluding hydrogens is 601 g/mol. The minimum Gasteiger partial charge on any atom is -0.382 e. The van der Waals surface area contributed by atoms with Crippen LogP contribution in [0.15, 0.2) is 12.7 Å². The van der Waals surface area contributed by atoms with E-state index in [0.717, 1.165) is 23.2 Å². The lowest BCUT2D eigenvalue weighted by Gasteiger charge is -2.42. The smallest absolute Gasteiger partial charge is 0.353 e. The van der Waals surface area contributed by atoms with Crippen LogP contribution in [0.4, 0.5) is 5.82 Å². The number of imidazole rings is 1. The van der Waals surface area contributed by atoms with Crippen molar-refractivity contribution in [2.45, 2.75) is 121 Å². The second-order valence-corrected chi connectivity index (χ2v) is 20.0. The number of hydrogen-bond acceptors (Lipinski definition) is 8. The van der Waals surface area contributed by atoms with Crippen molar-refractivity contribution < 1.29 is 18.7 Å². The van der Waals surface area contributed by atoms with Crippen LogP contribution < -0.4 is 5.73 Å². The maximum atomic E-state index is 12.4. The number of nitrogens with two attached hydrogens (primary N) is 1. The van der Waals surface area contributed by atoms with Crippen LogP contribution in [0.5, 0.6) is 0 Å². The fourth-order valence-electron chi connectivity index (χ4n) is 5.88. The average molecular weight is 660 g/mol. The van der Waals surface area contributed by atoms with Gasteiger partial charge in [0.15, 0.2) is 11.5 Å². The van der Waals surface area contributed by atoms with Crippen LogP contribution in [0, 0.1) is 0 Å². The number of aromatic nitrogens is 4. The third-order valence-corrected chi connectivity index (χ3v) is 14.4. The minimum absolute atomic E-state index is 0.264. The molecule has 0 saturated heterocycles. The average Bonchev–Trinajstić information content (AvgIpc) is 3.40. The number of unbranched alkanes of at least 4 members (excludes halogenated alkanes) is 8. The Morgan fingerprint density at radius 2 is 1.65 bits per heavy atom. The number of fused-ring (bicyclic) bond motifs is 1. The summed E-state index contributed by atoms with van der Waals surface area (Å²) in [5, 5.41) is 1.05. The Labute approximate surface area is 266 Å². The molecule has 1 fully saturated rings. The molecule has 0 amide bonds. The zero-order valence-corrected chi connectivity index (χ0v) is 29.5. The number of hydrogen-bond donors (Lipinski definition) is 2. The van der Waals surface area contributed by atoms with Gasteiger partial charge in [-0.05, 0) is 74.0 Å². The predicted octanol–water partition coefficient (Wildman–Crippen LogP) is 8.00. The molecule has 248 valence electrons. The van der Waals surface area contributed by atoms with E-state index in [4.69, 9.17) is 15.0 Å². The molecule has 0 aromatic carbocycles. The SMILES string of the molecule is C[C@H](Cn1cnc2c(N)ncnc21)OCP(=O)(O)OCCCSCCCCCCCCCCCS(C)(C)C1CCCCC1. The lowest BCUT2D eigenvalue weighted by atomic mass is 10.0. The summed E-state index contributed by atoms with van der Waals surface area (Å²) in [7, 11) is -4.17. The van der Waals surface area contributed by atoms with Gasteiger partial charge in [-0.3, -0.25) is 4.57 Å². The fourth-order valence-corrected chi connectivity index (χ4v) is 10.6. The topological polar surface area (TPSA) is 125 Å². The first kappa shape index (κ1) is 36.6. The Kier molecular flexibility index (Phi) is 16.7. The molecule has 3 N–H and O–H groups in total. The molecule has 2 atom stereocenters. The van der Waals surface area contributed by atoms with Gasteiger partial charge in [0.1, 0.15) is 18.2 Å². The number of nitrogen functional groups attached to an aromatic ring is 1. The Bertz CT molecular complexity index is 1100. The summed E-state index contributed by atoms with van der Waals surface area (Å²) in [5.74, 6) is 3.90. The highest BCUT2D eigenvalue weighted by molar-refractivity contribution is 8.33. The quantitative estimate of drug-likeness (QED) is 0.0901. The van der Waals surface area contributed by atoms with Gasteiger partial charge in [0.2, 0.25) is 0 Å². The van der Waals surface area contributed by atoms with Crippen molar-refractivity contribution in [3.63, 3.8) is 0 Å². The van der Waals surface area contributed by atoms with E-state index in [-0.39, 0.29) is 29.1 Å². The Morgan fingerprint density at radius 1 is 1.00 bits per heavy atom. The normalized spacial score (nSPS) is 17.3. The van der Waals surface area contributed by atoms with Crippen molar-refractivity contribution in [2.24, 2.45) is 0 Å². The maximum Gasteiger partial charge on any atom is 0.353 e. The minimum atomic E-state index is -3.79. The first-order valence-electron chi connectivity index (χ1n) is 16.4. The van der Waals surface area contributed by atoms with Gasteiger partial charge < -0.3 is 24.5 Å². The highest BCUT2D eigenvalue weighted by Gasteiger charge is 2.25. The molecule has 0 spiro atoms. The number of thioether (sulfide) groups is 1. The molecule has 0 aliphatic heterocycles. The Hall–Kier alpha value is -0.840. The summed E-state index contributed by atoms with van der Waals surface area (Å²) < 4.78 is 25.0. The molecule has 3 rings (SSSR count). The number of rotatable bonds is 23. The van der Waals surface area contributed by atoms with Gasteiger partial charge >= 0.3 is 7.60 Å². The van der Waals surface area contributed by atoms with Gasteiger partial charge in [-0.25, -0.2) is 25.0 Å². The lowest BCUT2D eigenvalue weighted by molar-refractivity contribution is 0.0718. The van der Waals surface area contributed by atoms with Crippen molar-refractivity contribution in [1.82, 2.24) is 19.5 Å². The molecule has 1 aliphatic rings. The highest BCUT2D eigenvalue weighted by Crippen LogP contribution is 2.51. The molecule has 43 heavy (non-hydrogen) atoms. The van der Waals surface area contributed by atoms with Crippen molar-refractivity contribution in [3.05, 3.63) is 12.7 Å². The molecule has 1 aliphatic carbocycles. The molecule has 0 radical (unpaired) electrons. The number of nitrogens with zero attached hydrogens (tertiary/aromatic N) is 4. The van der Waals surface area contributed by atoms with Gasteiger partial charge in [0, 0.05) is 0 Å². The maximum absolute atomic E-state index is 12.4. The largest absolute Gasteiger partial charge is 0.382 e. The van der Waals surface area contributed by atoms with Crippen LogP contribution in [0.3, 0.4) is 0 Å². The van der Waals surface area contributed by atoms with Crippen molar-refractivity contribution in [3.8, 4) is 0 Å². The van der Waals surface area contributed by atoms with Crippen LogP contribution >= 0.6 is 29.4 Å². The van der Waals surface area contributed by atoms with Crippen LogP contribution in [0.2, 0.25) is 0 Å². The van der Waals surface area contributed by atoms with Gasteiger partial charge in [-0.1, -0.05) is 64.2 Å². The molecule has 2 heterocycles. The van der Waals surface area contributed by atoms with Crippen LogP contribution in [0.1, 0.15) is 103 Å². The Balaban J connectivity index is 1.09. The van der Waals surface area contributed by atoms with Gasteiger partial charge in [-0.15, -0.1) is 0 Å². The van der Waals surface area contributed by atoms with Gasteiger partial charge in [0.05, 0.1) is 25.6 Å². The monoisotopic (exact) mass is 659 g/mol. The van der Waals surface area contributed by atoms with Gasteiger partial charge in [0.25, 0.3) is 0 Å². The summed E-state index contributed by atoms with van der Waals surface area (Å²) in [5.41, 5.74) is 6.96. The number of anilines is 1. The first-order chi connectivity index (χ1) is 20.7. The zero-order chi connectivity index (χ0) is 31.0. The van der Waals surface area contributed by atoms with E-state index in [2.05, 4.69) is 27.5 Å². The molecule has 0 bridgehead atoms. The van der Waals surface area contributed by atoms with E-state index in [1.54, 1.807) is 10.9 Å². The molecular formula is C31H58N5O4PS2. The first-order valence-corrected chi connectivity index (χ1v) is 22.0. The number of ether oxygens (including phenoxy) is 1.